The monoisotopic (exact) mass is 358 g/mol. The van der Waals surface area contributed by atoms with E-state index in [4.69, 9.17) is 9.47 Å². The van der Waals surface area contributed by atoms with Gasteiger partial charge in [-0.2, -0.15) is 0 Å². The van der Waals surface area contributed by atoms with Gasteiger partial charge in [0, 0.05) is 11.8 Å². The summed E-state index contributed by atoms with van der Waals surface area (Å²) in [6.45, 7) is 11.3. The average molecular weight is 358 g/mol. The van der Waals surface area contributed by atoms with Crippen LogP contribution in [-0.4, -0.2) is 46.6 Å². The fourth-order valence-corrected chi connectivity index (χ4v) is 3.70. The van der Waals surface area contributed by atoms with Gasteiger partial charge in [0.15, 0.2) is 0 Å². The van der Waals surface area contributed by atoms with E-state index in [-0.39, 0.29) is 47.8 Å². The third-order valence-corrected chi connectivity index (χ3v) is 5.64. The second kappa shape index (κ2) is 9.53. The Bertz CT molecular complexity index is 449. The Balaban J connectivity index is 0.000000251. The molecule has 2 rings (SSSR count). The third-order valence-electron chi connectivity index (χ3n) is 5.64. The minimum atomic E-state index is -0.536. The van der Waals surface area contributed by atoms with Gasteiger partial charge >= 0.3 is 11.9 Å². The molecule has 2 N–H and O–H groups in total. The maximum absolute atomic E-state index is 11.3. The van der Waals surface area contributed by atoms with Crippen molar-refractivity contribution in [3.05, 3.63) is 0 Å². The minimum Gasteiger partial charge on any atom is -0.462 e. The number of cyclic esters (lactones) is 2. The van der Waals surface area contributed by atoms with E-state index in [2.05, 4.69) is 0 Å². The Labute approximate surface area is 150 Å². The van der Waals surface area contributed by atoms with Gasteiger partial charge < -0.3 is 19.7 Å². The summed E-state index contributed by atoms with van der Waals surface area (Å²) in [6, 6.07) is 0. The zero-order valence-corrected chi connectivity index (χ0v) is 16.3. The maximum Gasteiger partial charge on any atom is 0.311 e. The maximum atomic E-state index is 11.3. The second-order valence-electron chi connectivity index (χ2n) is 7.23. The Kier molecular flexibility index (Phi) is 8.35. The summed E-state index contributed by atoms with van der Waals surface area (Å²) < 4.78 is 10.3. The summed E-state index contributed by atoms with van der Waals surface area (Å²) in [5, 5.41) is 19.5. The summed E-state index contributed by atoms with van der Waals surface area (Å²) >= 11 is 0. The smallest absolute Gasteiger partial charge is 0.311 e. The number of carbonyl (C=O) groups is 2. The quantitative estimate of drug-likeness (QED) is 0.752. The lowest BCUT2D eigenvalue weighted by Crippen LogP contribution is -2.47. The molecular weight excluding hydrogens is 324 g/mol. The van der Waals surface area contributed by atoms with Crippen molar-refractivity contribution in [3.63, 3.8) is 0 Å². The highest BCUT2D eigenvalue weighted by atomic mass is 16.6. The normalized spacial score (nSPS) is 41.3. The average Bonchev–Trinajstić information content (AvgIpc) is 2.58. The van der Waals surface area contributed by atoms with Crippen molar-refractivity contribution in [2.24, 2.45) is 23.7 Å². The van der Waals surface area contributed by atoms with E-state index in [9.17, 15) is 19.8 Å². The molecule has 2 aliphatic heterocycles. The van der Waals surface area contributed by atoms with Crippen LogP contribution in [-0.2, 0) is 19.1 Å². The lowest BCUT2D eigenvalue weighted by atomic mass is 9.82. The van der Waals surface area contributed by atoms with Crippen LogP contribution < -0.4 is 0 Å². The molecule has 6 nitrogen and oxygen atoms in total. The van der Waals surface area contributed by atoms with Crippen molar-refractivity contribution in [1.82, 2.24) is 0 Å². The molecule has 0 bridgehead atoms. The largest absolute Gasteiger partial charge is 0.462 e. The van der Waals surface area contributed by atoms with Crippen molar-refractivity contribution in [1.29, 1.82) is 0 Å². The molecule has 0 saturated carbocycles. The summed E-state index contributed by atoms with van der Waals surface area (Å²) in [4.78, 5) is 22.3. The zero-order chi connectivity index (χ0) is 19.3. The van der Waals surface area contributed by atoms with Crippen LogP contribution in [0.3, 0.4) is 0 Å². The number of carbonyl (C=O) groups excluding carboxylic acids is 2. The predicted octanol–water partition coefficient (Wildman–Crippen LogP) is 2.30. The highest BCUT2D eigenvalue weighted by Crippen LogP contribution is 2.30. The summed E-state index contributed by atoms with van der Waals surface area (Å²) in [5.74, 6) is -1.07. The van der Waals surface area contributed by atoms with E-state index in [0.717, 1.165) is 19.3 Å². The van der Waals surface area contributed by atoms with Gasteiger partial charge in [0.05, 0.1) is 24.0 Å². The Morgan fingerprint density at radius 1 is 0.760 bits per heavy atom. The second-order valence-corrected chi connectivity index (χ2v) is 7.23. The van der Waals surface area contributed by atoms with Crippen LogP contribution in [0.5, 0.6) is 0 Å². The van der Waals surface area contributed by atoms with Crippen LogP contribution in [0.25, 0.3) is 0 Å². The van der Waals surface area contributed by atoms with E-state index >= 15 is 0 Å². The summed E-state index contributed by atoms with van der Waals surface area (Å²) in [7, 11) is 0. The fraction of sp³-hybridized carbons (Fsp3) is 0.895. The molecule has 146 valence electrons. The van der Waals surface area contributed by atoms with Gasteiger partial charge in [-0.3, -0.25) is 9.59 Å². The van der Waals surface area contributed by atoms with E-state index in [0.29, 0.717) is 0 Å². The SMILES string of the molecule is CCC1C(C)OC(=O)C(C)C1O.CCC1OC(=O)C(C)C(O)C1CC. The van der Waals surface area contributed by atoms with E-state index in [1.165, 1.54) is 0 Å². The van der Waals surface area contributed by atoms with Gasteiger partial charge in [0.25, 0.3) is 0 Å². The molecule has 2 aliphatic rings. The molecule has 0 aromatic rings. The summed E-state index contributed by atoms with van der Waals surface area (Å²) in [6.07, 6.45) is 1.19. The first-order valence-corrected chi connectivity index (χ1v) is 9.46. The predicted molar refractivity (Wildman–Crippen MR) is 93.6 cm³/mol. The molecule has 2 saturated heterocycles. The van der Waals surface area contributed by atoms with Crippen molar-refractivity contribution in [2.45, 2.75) is 85.2 Å². The Morgan fingerprint density at radius 3 is 1.64 bits per heavy atom. The van der Waals surface area contributed by atoms with Crippen LogP contribution >= 0.6 is 0 Å². The first-order valence-electron chi connectivity index (χ1n) is 9.46. The van der Waals surface area contributed by atoms with Crippen LogP contribution in [0.4, 0.5) is 0 Å². The molecule has 2 fully saturated rings. The molecule has 0 spiro atoms. The molecule has 0 aromatic carbocycles. The number of hydrogen-bond acceptors (Lipinski definition) is 6. The highest BCUT2D eigenvalue weighted by Gasteiger charge is 2.41. The van der Waals surface area contributed by atoms with Gasteiger partial charge in [-0.15, -0.1) is 0 Å². The number of hydrogen-bond donors (Lipinski definition) is 2. The molecular formula is C19H34O6. The first-order chi connectivity index (χ1) is 11.7. The van der Waals surface area contributed by atoms with Crippen molar-refractivity contribution < 1.29 is 29.3 Å². The highest BCUT2D eigenvalue weighted by molar-refractivity contribution is 5.74. The van der Waals surface area contributed by atoms with Crippen molar-refractivity contribution in [2.75, 3.05) is 0 Å². The number of rotatable bonds is 3. The minimum absolute atomic E-state index is 0.0938. The van der Waals surface area contributed by atoms with Crippen molar-refractivity contribution in [3.8, 4) is 0 Å². The lowest BCUT2D eigenvalue weighted by Gasteiger charge is -2.37. The fourth-order valence-electron chi connectivity index (χ4n) is 3.70. The molecule has 0 aromatic heterocycles. The third kappa shape index (κ3) is 4.94. The molecule has 0 aliphatic carbocycles. The number of aliphatic hydroxyl groups excluding tert-OH is 2. The standard InChI is InChI=1S/C10H18O3.C9H16O3/c1-4-7-8(5-2)13-10(12)6(3)9(7)11;1-4-7-6(3)12-9(11)5(2)8(7)10/h6-9,11H,4-5H2,1-3H3;5-8,10H,4H2,1-3H3. The van der Waals surface area contributed by atoms with Gasteiger partial charge in [0.2, 0.25) is 0 Å². The Morgan fingerprint density at radius 2 is 1.20 bits per heavy atom. The van der Waals surface area contributed by atoms with E-state index in [1.807, 2.05) is 27.7 Å². The van der Waals surface area contributed by atoms with Crippen LogP contribution in [0.1, 0.15) is 60.8 Å². The molecule has 8 atom stereocenters. The number of esters is 2. The van der Waals surface area contributed by atoms with Crippen LogP contribution in [0.2, 0.25) is 0 Å². The molecule has 8 unspecified atom stereocenters. The van der Waals surface area contributed by atoms with E-state index < -0.39 is 12.2 Å². The topological polar surface area (TPSA) is 93.1 Å². The number of ether oxygens (including phenoxy) is 2. The molecule has 2 heterocycles. The molecule has 0 radical (unpaired) electrons. The van der Waals surface area contributed by atoms with Crippen LogP contribution in [0.15, 0.2) is 0 Å². The lowest BCUT2D eigenvalue weighted by molar-refractivity contribution is -0.179. The number of aliphatic hydroxyl groups is 2. The zero-order valence-electron chi connectivity index (χ0n) is 16.3. The molecule has 25 heavy (non-hydrogen) atoms. The van der Waals surface area contributed by atoms with Gasteiger partial charge in [-0.25, -0.2) is 0 Å². The molecule has 6 heteroatoms. The van der Waals surface area contributed by atoms with E-state index in [1.54, 1.807) is 13.8 Å². The Hall–Kier alpha value is -1.14. The van der Waals surface area contributed by atoms with Crippen LogP contribution in [0, 0.1) is 23.7 Å². The van der Waals surface area contributed by atoms with Gasteiger partial charge in [-0.1, -0.05) is 20.8 Å². The first kappa shape index (κ1) is 21.9. The molecule has 0 amide bonds. The summed E-state index contributed by atoms with van der Waals surface area (Å²) in [5.41, 5.74) is 0. The van der Waals surface area contributed by atoms with Gasteiger partial charge in [0.1, 0.15) is 12.2 Å². The van der Waals surface area contributed by atoms with Gasteiger partial charge in [-0.05, 0) is 40.0 Å². The van der Waals surface area contributed by atoms with Crippen molar-refractivity contribution >= 4 is 11.9 Å².